The summed E-state index contributed by atoms with van der Waals surface area (Å²) in [5, 5.41) is 2.76. The Balaban J connectivity index is 1.60. The van der Waals surface area contributed by atoms with E-state index < -0.39 is 11.9 Å². The first-order valence-corrected chi connectivity index (χ1v) is 10.9. The van der Waals surface area contributed by atoms with E-state index >= 15 is 0 Å². The number of aryl methyl sites for hydroxylation is 2. The van der Waals surface area contributed by atoms with E-state index in [9.17, 15) is 18.0 Å². The number of thioether (sulfide) groups is 1. The normalized spacial score (nSPS) is 12.8. The fourth-order valence-electron chi connectivity index (χ4n) is 3.72. The predicted octanol–water partition coefficient (Wildman–Crippen LogP) is 5.55. The highest BCUT2D eigenvalue weighted by Gasteiger charge is 2.38. The van der Waals surface area contributed by atoms with Gasteiger partial charge in [0.15, 0.2) is 10.9 Å². The Morgan fingerprint density at radius 1 is 1.06 bits per heavy atom. The van der Waals surface area contributed by atoms with Crippen molar-refractivity contribution in [2.75, 3.05) is 11.1 Å². The van der Waals surface area contributed by atoms with Crippen LogP contribution in [0.3, 0.4) is 0 Å². The summed E-state index contributed by atoms with van der Waals surface area (Å²) >= 11 is 0.905. The summed E-state index contributed by atoms with van der Waals surface area (Å²) in [6, 6.07) is 14.8. The number of fused-ring (bicyclic) bond motifs is 3. The minimum Gasteiger partial charge on any atom is -0.325 e. The first-order chi connectivity index (χ1) is 14.9. The van der Waals surface area contributed by atoms with Crippen molar-refractivity contribution in [3.05, 3.63) is 70.9 Å². The molecule has 0 saturated carbocycles. The summed E-state index contributed by atoms with van der Waals surface area (Å²) in [6.07, 6.45) is -3.08. The Hall–Kier alpha value is -2.87. The van der Waals surface area contributed by atoms with Crippen molar-refractivity contribution in [1.29, 1.82) is 0 Å². The van der Waals surface area contributed by atoms with Gasteiger partial charge in [-0.05, 0) is 36.5 Å². The van der Waals surface area contributed by atoms with Gasteiger partial charge in [-0.3, -0.25) is 4.79 Å². The van der Waals surface area contributed by atoms with Gasteiger partial charge in [-0.15, -0.1) is 0 Å². The molecule has 0 atom stereocenters. The lowest BCUT2D eigenvalue weighted by Crippen LogP contribution is -2.19. The Morgan fingerprint density at radius 3 is 2.58 bits per heavy atom. The van der Waals surface area contributed by atoms with Gasteiger partial charge in [0.25, 0.3) is 0 Å². The number of amides is 1. The van der Waals surface area contributed by atoms with E-state index in [0.717, 1.165) is 29.3 Å². The number of hydrogen-bond donors (Lipinski definition) is 1. The first kappa shape index (κ1) is 21.4. The molecule has 0 fully saturated rings. The van der Waals surface area contributed by atoms with Gasteiger partial charge in [-0.25, -0.2) is 9.97 Å². The van der Waals surface area contributed by atoms with Crippen LogP contribution in [0.25, 0.3) is 11.3 Å². The first-order valence-electron chi connectivity index (χ1n) is 9.93. The quantitative estimate of drug-likeness (QED) is 0.415. The topological polar surface area (TPSA) is 54.9 Å². The summed E-state index contributed by atoms with van der Waals surface area (Å²) in [5.41, 5.74) is 2.87. The largest absolute Gasteiger partial charge is 0.433 e. The summed E-state index contributed by atoms with van der Waals surface area (Å²) in [7, 11) is 0. The van der Waals surface area contributed by atoms with Gasteiger partial charge in [0.1, 0.15) is 0 Å². The van der Waals surface area contributed by atoms with Crippen LogP contribution in [0.4, 0.5) is 18.9 Å². The number of carbonyl (C=O) groups excluding carboxylic acids is 1. The fourth-order valence-corrected chi connectivity index (χ4v) is 4.36. The van der Waals surface area contributed by atoms with Gasteiger partial charge >= 0.3 is 6.18 Å². The summed E-state index contributed by atoms with van der Waals surface area (Å²) in [6.45, 7) is 1.98. The van der Waals surface area contributed by atoms with Crippen LogP contribution in [0.2, 0.25) is 0 Å². The molecule has 4 rings (SSSR count). The monoisotopic (exact) mass is 443 g/mol. The van der Waals surface area contributed by atoms with Crippen LogP contribution in [0.15, 0.2) is 53.7 Å². The van der Waals surface area contributed by atoms with Gasteiger partial charge < -0.3 is 5.32 Å². The van der Waals surface area contributed by atoms with Crippen molar-refractivity contribution in [1.82, 2.24) is 9.97 Å². The molecule has 0 unspecified atom stereocenters. The van der Waals surface area contributed by atoms with E-state index in [4.69, 9.17) is 0 Å². The number of nitrogens with one attached hydrogen (secondary N) is 1. The van der Waals surface area contributed by atoms with Crippen molar-refractivity contribution in [3.8, 4) is 11.3 Å². The molecule has 4 nitrogen and oxygen atoms in total. The molecule has 31 heavy (non-hydrogen) atoms. The SMILES string of the molecule is CCc1ccccc1NC(=O)CSc1nc2c(c(C(F)(F)F)n1)CCc1ccccc1-2. The molecule has 1 N–H and O–H groups in total. The number of nitrogens with zero attached hydrogens (tertiary/aromatic N) is 2. The lowest BCUT2D eigenvalue weighted by Gasteiger charge is -2.22. The minimum absolute atomic E-state index is 0.0540. The van der Waals surface area contributed by atoms with Gasteiger partial charge in [0.2, 0.25) is 5.91 Å². The number of aromatic nitrogens is 2. The fraction of sp³-hybridized carbons (Fsp3) is 0.261. The second-order valence-corrected chi connectivity index (χ2v) is 8.13. The summed E-state index contributed by atoms with van der Waals surface area (Å²) < 4.78 is 41.2. The molecule has 2 aromatic carbocycles. The molecule has 0 radical (unpaired) electrons. The van der Waals surface area contributed by atoms with E-state index in [-0.39, 0.29) is 28.8 Å². The zero-order valence-electron chi connectivity index (χ0n) is 16.8. The Morgan fingerprint density at radius 2 is 1.81 bits per heavy atom. The van der Waals surface area contributed by atoms with Crippen LogP contribution in [0, 0.1) is 0 Å². The molecule has 0 spiro atoms. The van der Waals surface area contributed by atoms with Crippen LogP contribution < -0.4 is 5.32 Å². The third-order valence-corrected chi connectivity index (χ3v) is 6.02. The van der Waals surface area contributed by atoms with Crippen LogP contribution >= 0.6 is 11.8 Å². The third-order valence-electron chi connectivity index (χ3n) is 5.18. The number of alkyl halides is 3. The Bertz CT molecular complexity index is 1130. The van der Waals surface area contributed by atoms with Gasteiger partial charge in [0.05, 0.1) is 11.4 Å². The number of carbonyl (C=O) groups is 1. The van der Waals surface area contributed by atoms with Gasteiger partial charge in [0, 0.05) is 16.8 Å². The molecule has 1 aliphatic carbocycles. The van der Waals surface area contributed by atoms with Crippen LogP contribution in [-0.2, 0) is 30.2 Å². The van der Waals surface area contributed by atoms with Crippen LogP contribution in [-0.4, -0.2) is 21.6 Å². The maximum atomic E-state index is 13.7. The molecule has 8 heteroatoms. The number of benzene rings is 2. The highest BCUT2D eigenvalue weighted by molar-refractivity contribution is 7.99. The minimum atomic E-state index is -4.59. The predicted molar refractivity (Wildman–Crippen MR) is 115 cm³/mol. The number of hydrogen-bond acceptors (Lipinski definition) is 4. The van der Waals surface area contributed by atoms with Crippen molar-refractivity contribution < 1.29 is 18.0 Å². The molecule has 1 aromatic heterocycles. The smallest absolute Gasteiger partial charge is 0.325 e. The molecule has 0 aliphatic heterocycles. The standard InChI is InChI=1S/C23H20F3N3OS/c1-2-14-7-4-6-10-18(14)27-19(30)13-31-22-28-20-16-9-5-3-8-15(16)11-12-17(20)21(29-22)23(24,25)26/h3-10H,2,11-13H2,1H3,(H,27,30). The molecule has 1 aliphatic rings. The molecule has 0 saturated heterocycles. The molecule has 0 bridgehead atoms. The van der Waals surface area contributed by atoms with Gasteiger partial charge in [-0.2, -0.15) is 13.2 Å². The maximum Gasteiger partial charge on any atom is 0.433 e. The molecular formula is C23H20F3N3OS. The molecule has 160 valence electrons. The van der Waals surface area contributed by atoms with E-state index in [1.54, 1.807) is 18.2 Å². The number of halogens is 3. The van der Waals surface area contributed by atoms with Crippen LogP contribution in [0.1, 0.15) is 29.3 Å². The average molecular weight is 443 g/mol. The Kier molecular flexibility index (Phi) is 6.00. The summed E-state index contributed by atoms with van der Waals surface area (Å²) in [4.78, 5) is 20.6. The van der Waals surface area contributed by atoms with E-state index in [1.165, 1.54) is 0 Å². The molecule has 1 amide bonds. The molecular weight excluding hydrogens is 423 g/mol. The van der Waals surface area contributed by atoms with Crippen molar-refractivity contribution in [3.63, 3.8) is 0 Å². The Labute approximate surface area is 182 Å². The average Bonchev–Trinajstić information content (AvgIpc) is 2.76. The molecule has 1 heterocycles. The second kappa shape index (κ2) is 8.70. The van der Waals surface area contributed by atoms with Crippen LogP contribution in [0.5, 0.6) is 0 Å². The van der Waals surface area contributed by atoms with Crippen molar-refractivity contribution in [2.45, 2.75) is 37.5 Å². The maximum absolute atomic E-state index is 13.7. The highest BCUT2D eigenvalue weighted by atomic mass is 32.2. The lowest BCUT2D eigenvalue weighted by atomic mass is 9.88. The third kappa shape index (κ3) is 4.58. The van der Waals surface area contributed by atoms with E-state index in [0.29, 0.717) is 23.4 Å². The summed E-state index contributed by atoms with van der Waals surface area (Å²) in [5.74, 6) is -0.406. The zero-order chi connectivity index (χ0) is 22.0. The highest BCUT2D eigenvalue weighted by Crippen LogP contribution is 2.40. The molecule has 3 aromatic rings. The van der Waals surface area contributed by atoms with E-state index in [1.807, 2.05) is 37.3 Å². The van der Waals surface area contributed by atoms with Crippen molar-refractivity contribution in [2.24, 2.45) is 0 Å². The number of rotatable bonds is 5. The lowest BCUT2D eigenvalue weighted by molar-refractivity contribution is -0.142. The zero-order valence-corrected chi connectivity index (χ0v) is 17.6. The number of para-hydroxylation sites is 1. The van der Waals surface area contributed by atoms with Gasteiger partial charge in [-0.1, -0.05) is 61.2 Å². The van der Waals surface area contributed by atoms with Crippen molar-refractivity contribution >= 4 is 23.4 Å². The second-order valence-electron chi connectivity index (χ2n) is 7.18. The number of anilines is 1. The van der Waals surface area contributed by atoms with E-state index in [2.05, 4.69) is 15.3 Å².